The number of ether oxygens (including phenoxy) is 1. The maximum Gasteiger partial charge on any atom is 0.240 e. The lowest BCUT2D eigenvalue weighted by Crippen LogP contribution is -1.96. The fourth-order valence-electron chi connectivity index (χ4n) is 1.20. The first-order chi connectivity index (χ1) is 8.47. The first kappa shape index (κ1) is 13.4. The molecule has 7 heteroatoms. The van der Waals surface area contributed by atoms with Gasteiger partial charge in [0.25, 0.3) is 0 Å². The van der Waals surface area contributed by atoms with Crippen molar-refractivity contribution in [3.8, 4) is 11.6 Å². The van der Waals surface area contributed by atoms with Gasteiger partial charge in [-0.1, -0.05) is 39.1 Å². The van der Waals surface area contributed by atoms with Crippen LogP contribution >= 0.6 is 39.1 Å². The molecule has 0 bridgehead atoms. The third-order valence-corrected chi connectivity index (χ3v) is 3.09. The van der Waals surface area contributed by atoms with Crippen LogP contribution in [0.25, 0.3) is 0 Å². The summed E-state index contributed by atoms with van der Waals surface area (Å²) in [5.41, 5.74) is 5.52. The smallest absolute Gasteiger partial charge is 0.240 e. The highest BCUT2D eigenvalue weighted by Crippen LogP contribution is 2.33. The molecule has 0 saturated heterocycles. The third-order valence-electron chi connectivity index (χ3n) is 2.03. The molecule has 0 fully saturated rings. The van der Waals surface area contributed by atoms with E-state index in [9.17, 15) is 4.39 Å². The number of anilines is 1. The van der Waals surface area contributed by atoms with E-state index >= 15 is 0 Å². The van der Waals surface area contributed by atoms with Crippen molar-refractivity contribution in [3.63, 3.8) is 0 Å². The standard InChI is InChI=1S/C11H6BrCl2FN2O/c12-5-1-2-9(8(15)3-5)18-11-7(14)4-6(13)10(16)17-11/h1-4H,(H2,16,17). The van der Waals surface area contributed by atoms with Crippen LogP contribution in [0.15, 0.2) is 28.7 Å². The molecule has 18 heavy (non-hydrogen) atoms. The second kappa shape index (κ2) is 5.30. The number of pyridine rings is 1. The van der Waals surface area contributed by atoms with Crippen LogP contribution in [-0.2, 0) is 0 Å². The van der Waals surface area contributed by atoms with Gasteiger partial charge in [0.2, 0.25) is 5.88 Å². The minimum absolute atomic E-state index is 0.000195. The van der Waals surface area contributed by atoms with Gasteiger partial charge in [0.1, 0.15) is 10.8 Å². The molecule has 3 nitrogen and oxygen atoms in total. The highest BCUT2D eigenvalue weighted by Gasteiger charge is 2.12. The summed E-state index contributed by atoms with van der Waals surface area (Å²) in [5.74, 6) is -0.488. The van der Waals surface area contributed by atoms with E-state index < -0.39 is 5.82 Å². The first-order valence-corrected chi connectivity index (χ1v) is 6.26. The summed E-state index contributed by atoms with van der Waals surface area (Å²) < 4.78 is 19.4. The van der Waals surface area contributed by atoms with Crippen LogP contribution in [0.2, 0.25) is 10.0 Å². The Bertz CT molecular complexity index is 610. The number of aromatic nitrogens is 1. The molecule has 1 aromatic heterocycles. The Labute approximate surface area is 121 Å². The van der Waals surface area contributed by atoms with Crippen LogP contribution in [0.3, 0.4) is 0 Å². The number of nitrogens with two attached hydrogens (primary N) is 1. The van der Waals surface area contributed by atoms with E-state index in [1.165, 1.54) is 18.2 Å². The molecule has 1 aromatic carbocycles. The van der Waals surface area contributed by atoms with Crippen LogP contribution in [-0.4, -0.2) is 4.98 Å². The van der Waals surface area contributed by atoms with Crippen LogP contribution in [0.4, 0.5) is 10.2 Å². The van der Waals surface area contributed by atoms with Gasteiger partial charge in [-0.3, -0.25) is 0 Å². The molecule has 0 saturated carbocycles. The number of nitrogen functional groups attached to an aromatic ring is 1. The Morgan fingerprint density at radius 2 is 1.94 bits per heavy atom. The summed E-state index contributed by atoms with van der Waals surface area (Å²) in [6.07, 6.45) is 0. The van der Waals surface area contributed by atoms with Gasteiger partial charge in [-0.15, -0.1) is 0 Å². The molecule has 0 atom stereocenters. The Balaban J connectivity index is 2.37. The molecule has 1 heterocycles. The maximum absolute atomic E-state index is 13.6. The van der Waals surface area contributed by atoms with Crippen LogP contribution in [0.1, 0.15) is 0 Å². The summed E-state index contributed by atoms with van der Waals surface area (Å²) in [5, 5.41) is 0.361. The van der Waals surface area contributed by atoms with Crippen molar-refractivity contribution in [2.45, 2.75) is 0 Å². The van der Waals surface area contributed by atoms with Crippen LogP contribution in [0.5, 0.6) is 11.6 Å². The molecule has 0 aliphatic heterocycles. The highest BCUT2D eigenvalue weighted by molar-refractivity contribution is 9.10. The van der Waals surface area contributed by atoms with E-state index in [-0.39, 0.29) is 27.5 Å². The van der Waals surface area contributed by atoms with Gasteiger partial charge >= 0.3 is 0 Å². The summed E-state index contributed by atoms with van der Waals surface area (Å²) in [7, 11) is 0. The van der Waals surface area contributed by atoms with E-state index in [0.717, 1.165) is 0 Å². The van der Waals surface area contributed by atoms with Crippen molar-refractivity contribution in [2.75, 3.05) is 5.73 Å². The monoisotopic (exact) mass is 350 g/mol. The summed E-state index contributed by atoms with van der Waals surface area (Å²) in [4.78, 5) is 3.84. The molecule has 0 amide bonds. The minimum Gasteiger partial charge on any atom is -0.434 e. The molecule has 0 radical (unpaired) electrons. The predicted octanol–water partition coefficient (Wildman–Crippen LogP) is 4.66. The summed E-state index contributed by atoms with van der Waals surface area (Å²) in [6, 6.07) is 5.73. The number of halogens is 4. The quantitative estimate of drug-likeness (QED) is 0.855. The molecule has 94 valence electrons. The summed E-state index contributed by atoms with van der Waals surface area (Å²) in [6.45, 7) is 0. The first-order valence-electron chi connectivity index (χ1n) is 4.72. The van der Waals surface area contributed by atoms with Crippen molar-refractivity contribution in [2.24, 2.45) is 0 Å². The lowest BCUT2D eigenvalue weighted by molar-refractivity contribution is 0.428. The van der Waals surface area contributed by atoms with Gasteiger partial charge in [0, 0.05) is 4.47 Å². The van der Waals surface area contributed by atoms with E-state index in [1.54, 1.807) is 6.07 Å². The molecule has 2 rings (SSSR count). The maximum atomic E-state index is 13.6. The Morgan fingerprint density at radius 3 is 2.61 bits per heavy atom. The van der Waals surface area contributed by atoms with E-state index in [4.69, 9.17) is 33.7 Å². The molecule has 2 N–H and O–H groups in total. The van der Waals surface area contributed by atoms with Crippen molar-refractivity contribution in [1.29, 1.82) is 0 Å². The van der Waals surface area contributed by atoms with Crippen LogP contribution in [0, 0.1) is 5.82 Å². The van der Waals surface area contributed by atoms with Gasteiger partial charge in [-0.05, 0) is 24.3 Å². The molecular formula is C11H6BrCl2FN2O. The zero-order valence-electron chi connectivity index (χ0n) is 8.75. The number of hydrogen-bond acceptors (Lipinski definition) is 3. The van der Waals surface area contributed by atoms with Crippen molar-refractivity contribution in [3.05, 3.63) is 44.6 Å². The largest absolute Gasteiger partial charge is 0.434 e. The SMILES string of the molecule is Nc1nc(Oc2ccc(Br)cc2F)c(Cl)cc1Cl. The third kappa shape index (κ3) is 2.85. The van der Waals surface area contributed by atoms with E-state index in [2.05, 4.69) is 20.9 Å². The van der Waals surface area contributed by atoms with Crippen molar-refractivity contribution in [1.82, 2.24) is 4.98 Å². The van der Waals surface area contributed by atoms with Gasteiger partial charge in [0.05, 0.1) is 5.02 Å². The zero-order valence-corrected chi connectivity index (χ0v) is 11.9. The van der Waals surface area contributed by atoms with Gasteiger partial charge < -0.3 is 10.5 Å². The molecule has 0 aliphatic carbocycles. The minimum atomic E-state index is -0.546. The Kier molecular flexibility index (Phi) is 3.94. The topological polar surface area (TPSA) is 48.1 Å². The van der Waals surface area contributed by atoms with E-state index in [0.29, 0.717) is 4.47 Å². The molecule has 0 spiro atoms. The number of hydrogen-bond donors (Lipinski definition) is 1. The zero-order chi connectivity index (χ0) is 13.3. The molecular weight excluding hydrogens is 346 g/mol. The molecule has 0 unspecified atom stereocenters. The fraction of sp³-hybridized carbons (Fsp3) is 0. The normalized spacial score (nSPS) is 10.4. The fourth-order valence-corrected chi connectivity index (χ4v) is 1.93. The van der Waals surface area contributed by atoms with E-state index in [1.807, 2.05) is 0 Å². The number of nitrogens with zero attached hydrogens (tertiary/aromatic N) is 1. The lowest BCUT2D eigenvalue weighted by Gasteiger charge is -2.09. The van der Waals surface area contributed by atoms with Gasteiger partial charge in [0.15, 0.2) is 11.6 Å². The van der Waals surface area contributed by atoms with Crippen LogP contribution < -0.4 is 10.5 Å². The predicted molar refractivity (Wildman–Crippen MR) is 72.8 cm³/mol. The Hall–Kier alpha value is -1.04. The number of rotatable bonds is 2. The summed E-state index contributed by atoms with van der Waals surface area (Å²) >= 11 is 14.8. The van der Waals surface area contributed by atoms with Crippen molar-refractivity contribution >= 4 is 44.9 Å². The second-order valence-corrected chi connectivity index (χ2v) is 5.05. The lowest BCUT2D eigenvalue weighted by atomic mass is 10.3. The van der Waals surface area contributed by atoms with Gasteiger partial charge in [-0.25, -0.2) is 4.39 Å². The Morgan fingerprint density at radius 1 is 1.22 bits per heavy atom. The van der Waals surface area contributed by atoms with Crippen molar-refractivity contribution < 1.29 is 9.13 Å². The highest BCUT2D eigenvalue weighted by atomic mass is 79.9. The second-order valence-electron chi connectivity index (χ2n) is 3.32. The average molecular weight is 352 g/mol. The number of benzene rings is 1. The molecule has 2 aromatic rings. The molecule has 0 aliphatic rings. The average Bonchev–Trinajstić information content (AvgIpc) is 2.29. The van der Waals surface area contributed by atoms with Gasteiger partial charge in [-0.2, -0.15) is 4.98 Å².